The van der Waals surface area contributed by atoms with Gasteiger partial charge in [0.15, 0.2) is 0 Å². The topological polar surface area (TPSA) is 56.4 Å². The van der Waals surface area contributed by atoms with Gasteiger partial charge in [0.2, 0.25) is 5.56 Å². The van der Waals surface area contributed by atoms with Crippen LogP contribution in [-0.2, 0) is 0 Å². The molecule has 1 heterocycles. The van der Waals surface area contributed by atoms with Crippen LogP contribution in [0.3, 0.4) is 0 Å². The van der Waals surface area contributed by atoms with Gasteiger partial charge >= 0.3 is 0 Å². The van der Waals surface area contributed by atoms with Gasteiger partial charge in [-0.3, -0.25) is 9.59 Å². The smallest absolute Gasteiger partial charge is 0.255 e. The lowest BCUT2D eigenvalue weighted by Crippen LogP contribution is -2.34. The van der Waals surface area contributed by atoms with E-state index in [2.05, 4.69) is 23.7 Å². The second kappa shape index (κ2) is 8.53. The third-order valence-corrected chi connectivity index (χ3v) is 3.50. The zero-order chi connectivity index (χ0) is 15.0. The van der Waals surface area contributed by atoms with Crippen LogP contribution in [0.1, 0.15) is 37.6 Å². The van der Waals surface area contributed by atoms with Gasteiger partial charge in [0.05, 0.1) is 5.56 Å². The molecule has 5 heteroatoms. The molecule has 1 aromatic rings. The van der Waals surface area contributed by atoms with Crippen molar-refractivity contribution in [3.05, 3.63) is 34.2 Å². The van der Waals surface area contributed by atoms with Crippen LogP contribution in [0.15, 0.2) is 23.1 Å². The van der Waals surface area contributed by atoms with Crippen LogP contribution in [0.2, 0.25) is 0 Å². The third kappa shape index (κ3) is 4.81. The Bertz CT molecular complexity index is 446. The Labute approximate surface area is 120 Å². The monoisotopic (exact) mass is 279 g/mol. The summed E-state index contributed by atoms with van der Waals surface area (Å²) in [7, 11) is 0. The van der Waals surface area contributed by atoms with Crippen molar-refractivity contribution in [3.8, 4) is 0 Å². The van der Waals surface area contributed by atoms with E-state index in [1.54, 1.807) is 6.07 Å². The predicted octanol–water partition coefficient (Wildman–Crippen LogP) is 1.57. The number of amides is 1. The van der Waals surface area contributed by atoms with Crippen molar-refractivity contribution in [1.82, 2.24) is 14.8 Å². The SMILES string of the molecule is CCN(CC)CCCN(CC)C(=O)c1ccc(=O)[nH]c1. The number of nitrogens with one attached hydrogen (secondary N) is 1. The fraction of sp³-hybridized carbons (Fsp3) is 0.600. The number of pyridine rings is 1. The van der Waals surface area contributed by atoms with E-state index in [4.69, 9.17) is 0 Å². The minimum absolute atomic E-state index is 0.0247. The molecule has 0 aliphatic heterocycles. The van der Waals surface area contributed by atoms with Gasteiger partial charge in [-0.1, -0.05) is 13.8 Å². The summed E-state index contributed by atoms with van der Waals surface area (Å²) in [6, 6.07) is 2.96. The summed E-state index contributed by atoms with van der Waals surface area (Å²) in [5.41, 5.74) is 0.348. The number of carbonyl (C=O) groups is 1. The Kier molecular flexibility index (Phi) is 7.01. The molecule has 0 aliphatic carbocycles. The molecule has 1 aromatic heterocycles. The summed E-state index contributed by atoms with van der Waals surface area (Å²) >= 11 is 0. The van der Waals surface area contributed by atoms with Crippen molar-refractivity contribution in [2.45, 2.75) is 27.2 Å². The first-order valence-corrected chi connectivity index (χ1v) is 7.32. The second-order valence-electron chi connectivity index (χ2n) is 4.71. The highest BCUT2D eigenvalue weighted by Gasteiger charge is 2.14. The molecule has 0 radical (unpaired) electrons. The molecular formula is C15H25N3O2. The number of H-pyrrole nitrogens is 1. The molecule has 0 atom stereocenters. The summed E-state index contributed by atoms with van der Waals surface area (Å²) < 4.78 is 0. The molecule has 112 valence electrons. The predicted molar refractivity (Wildman–Crippen MR) is 81.0 cm³/mol. The van der Waals surface area contributed by atoms with Crippen molar-refractivity contribution in [3.63, 3.8) is 0 Å². The van der Waals surface area contributed by atoms with E-state index >= 15 is 0 Å². The first-order chi connectivity index (χ1) is 9.62. The number of rotatable bonds is 8. The standard InChI is InChI=1S/C15H25N3O2/c1-4-17(5-2)10-7-11-18(6-3)15(20)13-8-9-14(19)16-12-13/h8-9,12H,4-7,10-11H2,1-3H3,(H,16,19). The molecule has 0 aliphatic rings. The average molecular weight is 279 g/mol. The van der Waals surface area contributed by atoms with Crippen molar-refractivity contribution >= 4 is 5.91 Å². The Morgan fingerprint density at radius 1 is 1.10 bits per heavy atom. The normalized spacial score (nSPS) is 10.8. The van der Waals surface area contributed by atoms with E-state index in [0.29, 0.717) is 12.1 Å². The van der Waals surface area contributed by atoms with Crippen LogP contribution in [0, 0.1) is 0 Å². The molecule has 0 bridgehead atoms. The highest BCUT2D eigenvalue weighted by Crippen LogP contribution is 2.03. The van der Waals surface area contributed by atoms with Gasteiger partial charge in [0.25, 0.3) is 5.91 Å². The molecule has 0 saturated carbocycles. The molecule has 0 aromatic carbocycles. The zero-order valence-electron chi connectivity index (χ0n) is 12.7. The van der Waals surface area contributed by atoms with Gasteiger partial charge in [-0.2, -0.15) is 0 Å². The highest BCUT2D eigenvalue weighted by molar-refractivity contribution is 5.93. The zero-order valence-corrected chi connectivity index (χ0v) is 12.7. The molecule has 0 saturated heterocycles. The van der Waals surface area contributed by atoms with Gasteiger partial charge in [-0.25, -0.2) is 0 Å². The van der Waals surface area contributed by atoms with Gasteiger partial charge in [-0.05, 0) is 39.0 Å². The molecule has 5 nitrogen and oxygen atoms in total. The largest absolute Gasteiger partial charge is 0.339 e. The Morgan fingerprint density at radius 3 is 2.30 bits per heavy atom. The number of aromatic nitrogens is 1. The summed E-state index contributed by atoms with van der Waals surface area (Å²) in [6.07, 6.45) is 2.45. The van der Waals surface area contributed by atoms with Crippen molar-refractivity contribution in [2.24, 2.45) is 0 Å². The summed E-state index contributed by atoms with van der Waals surface area (Å²) in [6.45, 7) is 10.8. The quantitative estimate of drug-likeness (QED) is 0.786. The van der Waals surface area contributed by atoms with Gasteiger partial charge in [0.1, 0.15) is 0 Å². The molecule has 0 unspecified atom stereocenters. The van der Waals surface area contributed by atoms with Crippen molar-refractivity contribution in [1.29, 1.82) is 0 Å². The lowest BCUT2D eigenvalue weighted by molar-refractivity contribution is 0.0757. The van der Waals surface area contributed by atoms with Crippen LogP contribution in [-0.4, -0.2) is 53.4 Å². The van der Waals surface area contributed by atoms with E-state index in [0.717, 1.165) is 32.6 Å². The first kappa shape index (κ1) is 16.4. The van der Waals surface area contributed by atoms with E-state index < -0.39 is 0 Å². The van der Waals surface area contributed by atoms with Crippen molar-refractivity contribution in [2.75, 3.05) is 32.7 Å². The molecule has 0 fully saturated rings. The van der Waals surface area contributed by atoms with Crippen LogP contribution >= 0.6 is 0 Å². The van der Waals surface area contributed by atoms with Crippen LogP contribution < -0.4 is 5.56 Å². The third-order valence-electron chi connectivity index (χ3n) is 3.50. The van der Waals surface area contributed by atoms with Crippen LogP contribution in [0.25, 0.3) is 0 Å². The van der Waals surface area contributed by atoms with Gasteiger partial charge < -0.3 is 14.8 Å². The summed E-state index contributed by atoms with van der Waals surface area (Å²) in [5.74, 6) is -0.0247. The second-order valence-corrected chi connectivity index (χ2v) is 4.71. The van der Waals surface area contributed by atoms with Crippen LogP contribution in [0.4, 0.5) is 0 Å². The van der Waals surface area contributed by atoms with E-state index in [9.17, 15) is 9.59 Å². The maximum absolute atomic E-state index is 12.3. The molecule has 1 N–H and O–H groups in total. The molecular weight excluding hydrogens is 254 g/mol. The Hall–Kier alpha value is -1.62. The van der Waals surface area contributed by atoms with E-state index in [1.807, 2.05) is 11.8 Å². The Morgan fingerprint density at radius 2 is 1.80 bits per heavy atom. The number of carbonyl (C=O) groups excluding carboxylic acids is 1. The van der Waals surface area contributed by atoms with Crippen LogP contribution in [0.5, 0.6) is 0 Å². The van der Waals surface area contributed by atoms with E-state index in [-0.39, 0.29) is 11.5 Å². The summed E-state index contributed by atoms with van der Waals surface area (Å²) in [4.78, 5) is 30.0. The maximum Gasteiger partial charge on any atom is 0.255 e. The maximum atomic E-state index is 12.3. The molecule has 1 rings (SSSR count). The van der Waals surface area contributed by atoms with Crippen molar-refractivity contribution < 1.29 is 4.79 Å². The molecule has 20 heavy (non-hydrogen) atoms. The minimum Gasteiger partial charge on any atom is -0.339 e. The minimum atomic E-state index is -0.189. The number of nitrogens with zero attached hydrogens (tertiary/aromatic N) is 2. The molecule has 1 amide bonds. The van der Waals surface area contributed by atoms with Gasteiger partial charge in [-0.15, -0.1) is 0 Å². The lowest BCUT2D eigenvalue weighted by atomic mass is 10.2. The summed E-state index contributed by atoms with van der Waals surface area (Å²) in [5, 5.41) is 0. The number of hydrogen-bond acceptors (Lipinski definition) is 3. The number of hydrogen-bond donors (Lipinski definition) is 1. The fourth-order valence-corrected chi connectivity index (χ4v) is 2.15. The molecule has 0 spiro atoms. The highest BCUT2D eigenvalue weighted by atomic mass is 16.2. The number of aromatic amines is 1. The van der Waals surface area contributed by atoms with Gasteiger partial charge in [0, 0.05) is 25.4 Å². The average Bonchev–Trinajstić information content (AvgIpc) is 2.48. The van der Waals surface area contributed by atoms with E-state index in [1.165, 1.54) is 12.3 Å². The fourth-order valence-electron chi connectivity index (χ4n) is 2.15. The first-order valence-electron chi connectivity index (χ1n) is 7.32. The Balaban J connectivity index is 2.55. The lowest BCUT2D eigenvalue weighted by Gasteiger charge is -2.23.